The molecule has 2 aromatic carbocycles. The second kappa shape index (κ2) is 10.7. The van der Waals surface area contributed by atoms with E-state index in [4.69, 9.17) is 4.74 Å². The van der Waals surface area contributed by atoms with Gasteiger partial charge in [0.15, 0.2) is 11.3 Å². The molecule has 6 nitrogen and oxygen atoms in total. The lowest BCUT2D eigenvalue weighted by Crippen LogP contribution is -2.32. The van der Waals surface area contributed by atoms with Crippen molar-refractivity contribution in [2.24, 2.45) is 0 Å². The molecule has 0 fully saturated rings. The van der Waals surface area contributed by atoms with Crippen LogP contribution in [0, 0.1) is 0 Å². The number of aldehydes is 1. The number of sulfonamides is 1. The fourth-order valence-corrected chi connectivity index (χ4v) is 5.97. The standard InChI is InChI=1S/C28H32N2O4S/c1-20(2)21-8-6-9-22(18-21)23-14-15-28(29-19-23)35(32,33)30(3)26-12-5-4-10-25-24(26)11-7-13-27(25)34-17-16-31/h6-9,11,13-16,18-20,26H,4-5,10,12,17H2,1-3H3. The van der Waals surface area contributed by atoms with E-state index in [1.54, 1.807) is 19.3 Å². The first-order chi connectivity index (χ1) is 16.8. The second-order valence-corrected chi connectivity index (χ2v) is 11.2. The summed E-state index contributed by atoms with van der Waals surface area (Å²) < 4.78 is 34.2. The highest BCUT2D eigenvalue weighted by Gasteiger charge is 2.33. The number of aromatic nitrogens is 1. The van der Waals surface area contributed by atoms with E-state index < -0.39 is 10.0 Å². The van der Waals surface area contributed by atoms with Gasteiger partial charge in [-0.2, -0.15) is 4.31 Å². The summed E-state index contributed by atoms with van der Waals surface area (Å²) in [4.78, 5) is 15.2. The topological polar surface area (TPSA) is 76.6 Å². The van der Waals surface area contributed by atoms with Gasteiger partial charge < -0.3 is 4.74 Å². The van der Waals surface area contributed by atoms with Crippen molar-refractivity contribution < 1.29 is 17.9 Å². The van der Waals surface area contributed by atoms with Crippen LogP contribution in [0.3, 0.4) is 0 Å². The highest BCUT2D eigenvalue weighted by Crippen LogP contribution is 2.39. The highest BCUT2D eigenvalue weighted by atomic mass is 32.2. The Morgan fingerprint density at radius 1 is 1.09 bits per heavy atom. The van der Waals surface area contributed by atoms with Gasteiger partial charge in [0.25, 0.3) is 10.0 Å². The highest BCUT2D eigenvalue weighted by molar-refractivity contribution is 7.89. The molecule has 1 unspecified atom stereocenters. The SMILES string of the molecule is CC(C)c1cccc(-c2ccc(S(=O)(=O)N(C)C3CCCCc4c(OCC=O)cccc43)nc2)c1. The van der Waals surface area contributed by atoms with E-state index in [-0.39, 0.29) is 17.7 Å². The zero-order valence-corrected chi connectivity index (χ0v) is 21.3. The van der Waals surface area contributed by atoms with Gasteiger partial charge in [0, 0.05) is 18.8 Å². The Balaban J connectivity index is 1.63. The van der Waals surface area contributed by atoms with Crippen molar-refractivity contribution in [3.63, 3.8) is 0 Å². The molecule has 0 radical (unpaired) electrons. The maximum absolute atomic E-state index is 13.6. The number of ether oxygens (including phenoxy) is 1. The molecule has 0 saturated carbocycles. The van der Waals surface area contributed by atoms with Gasteiger partial charge in [0.05, 0.1) is 6.04 Å². The Labute approximate surface area is 208 Å². The molecule has 1 heterocycles. The predicted octanol–water partition coefficient (Wildman–Crippen LogP) is 5.54. The van der Waals surface area contributed by atoms with Crippen LogP contribution < -0.4 is 4.74 Å². The largest absolute Gasteiger partial charge is 0.486 e. The monoisotopic (exact) mass is 492 g/mol. The van der Waals surface area contributed by atoms with E-state index in [0.717, 1.165) is 47.8 Å². The number of fused-ring (bicyclic) bond motifs is 1. The molecule has 1 aromatic heterocycles. The number of hydrogen-bond donors (Lipinski definition) is 0. The van der Waals surface area contributed by atoms with Crippen LogP contribution in [-0.2, 0) is 21.2 Å². The maximum atomic E-state index is 13.6. The summed E-state index contributed by atoms with van der Waals surface area (Å²) in [5, 5.41) is 0.0305. The Morgan fingerprint density at radius 3 is 2.60 bits per heavy atom. The third-order valence-electron chi connectivity index (χ3n) is 6.69. The van der Waals surface area contributed by atoms with Crippen molar-refractivity contribution >= 4 is 16.3 Å². The molecule has 35 heavy (non-hydrogen) atoms. The minimum absolute atomic E-state index is 0.0222. The first-order valence-electron chi connectivity index (χ1n) is 12.1. The van der Waals surface area contributed by atoms with Gasteiger partial charge in [-0.15, -0.1) is 0 Å². The van der Waals surface area contributed by atoms with Gasteiger partial charge in [0.1, 0.15) is 12.4 Å². The lowest BCUT2D eigenvalue weighted by molar-refractivity contribution is -0.109. The average Bonchev–Trinajstić information content (AvgIpc) is 3.10. The van der Waals surface area contributed by atoms with Gasteiger partial charge >= 0.3 is 0 Å². The van der Waals surface area contributed by atoms with E-state index in [1.807, 2.05) is 36.4 Å². The van der Waals surface area contributed by atoms with Crippen LogP contribution in [0.1, 0.15) is 61.8 Å². The fourth-order valence-electron chi connectivity index (χ4n) is 4.69. The number of hydrogen-bond acceptors (Lipinski definition) is 5. The van der Waals surface area contributed by atoms with Crippen LogP contribution in [-0.4, -0.2) is 37.6 Å². The first-order valence-corrected chi connectivity index (χ1v) is 13.5. The molecular weight excluding hydrogens is 460 g/mol. The molecule has 1 aliphatic carbocycles. The van der Waals surface area contributed by atoms with Gasteiger partial charge in [-0.05, 0) is 65.6 Å². The van der Waals surface area contributed by atoms with E-state index in [9.17, 15) is 13.2 Å². The average molecular weight is 493 g/mol. The molecule has 1 aliphatic rings. The van der Waals surface area contributed by atoms with Crippen LogP contribution in [0.25, 0.3) is 11.1 Å². The Bertz CT molecular complexity index is 1290. The molecule has 7 heteroatoms. The first kappa shape index (κ1) is 25.1. The van der Waals surface area contributed by atoms with E-state index in [2.05, 4.69) is 31.0 Å². The molecule has 0 saturated heterocycles. The lowest BCUT2D eigenvalue weighted by atomic mass is 9.98. The summed E-state index contributed by atoms with van der Waals surface area (Å²) in [6.07, 6.45) is 5.67. The van der Waals surface area contributed by atoms with Gasteiger partial charge in [0.2, 0.25) is 0 Å². The molecule has 184 valence electrons. The number of benzene rings is 2. The van der Waals surface area contributed by atoms with E-state index in [1.165, 1.54) is 9.87 Å². The Hall–Kier alpha value is -3.03. The number of pyridine rings is 1. The van der Waals surface area contributed by atoms with Crippen molar-refractivity contribution in [1.29, 1.82) is 0 Å². The quantitative estimate of drug-likeness (QED) is 0.305. The van der Waals surface area contributed by atoms with Crippen molar-refractivity contribution in [1.82, 2.24) is 9.29 Å². The molecule has 0 spiro atoms. The molecular formula is C28H32N2O4S. The van der Waals surface area contributed by atoms with Crippen molar-refractivity contribution in [3.05, 3.63) is 77.5 Å². The smallest absolute Gasteiger partial charge is 0.260 e. The number of nitrogens with zero attached hydrogens (tertiary/aromatic N) is 2. The summed E-state index contributed by atoms with van der Waals surface area (Å²) in [6.45, 7) is 4.27. The predicted molar refractivity (Wildman–Crippen MR) is 137 cm³/mol. The maximum Gasteiger partial charge on any atom is 0.260 e. The Kier molecular flexibility index (Phi) is 7.67. The number of carbonyl (C=O) groups is 1. The molecule has 0 amide bonds. The fraction of sp³-hybridized carbons (Fsp3) is 0.357. The second-order valence-electron chi connectivity index (χ2n) is 9.25. The van der Waals surface area contributed by atoms with Crippen molar-refractivity contribution in [2.75, 3.05) is 13.7 Å². The molecule has 0 aliphatic heterocycles. The summed E-state index contributed by atoms with van der Waals surface area (Å²) in [5.41, 5.74) is 5.03. The number of carbonyl (C=O) groups excluding carboxylic acids is 1. The molecule has 0 N–H and O–H groups in total. The minimum atomic E-state index is -3.82. The van der Waals surface area contributed by atoms with E-state index in [0.29, 0.717) is 18.1 Å². The number of rotatable bonds is 8. The normalized spacial score (nSPS) is 16.1. The van der Waals surface area contributed by atoms with Gasteiger partial charge in [-0.1, -0.05) is 56.7 Å². The van der Waals surface area contributed by atoms with Crippen LogP contribution in [0.2, 0.25) is 0 Å². The van der Waals surface area contributed by atoms with Crippen LogP contribution in [0.4, 0.5) is 0 Å². The van der Waals surface area contributed by atoms with Crippen LogP contribution in [0.5, 0.6) is 5.75 Å². The van der Waals surface area contributed by atoms with Crippen LogP contribution in [0.15, 0.2) is 65.8 Å². The molecule has 4 rings (SSSR count). The van der Waals surface area contributed by atoms with Crippen molar-refractivity contribution in [3.8, 4) is 16.9 Å². The Morgan fingerprint density at radius 2 is 1.89 bits per heavy atom. The van der Waals surface area contributed by atoms with Crippen LogP contribution >= 0.6 is 0 Å². The molecule has 3 aromatic rings. The van der Waals surface area contributed by atoms with Gasteiger partial charge in [-0.25, -0.2) is 13.4 Å². The molecule has 0 bridgehead atoms. The summed E-state index contributed by atoms with van der Waals surface area (Å²) in [7, 11) is -2.20. The van der Waals surface area contributed by atoms with Crippen molar-refractivity contribution in [2.45, 2.75) is 56.5 Å². The minimum Gasteiger partial charge on any atom is -0.486 e. The zero-order chi connectivity index (χ0) is 25.0. The summed E-state index contributed by atoms with van der Waals surface area (Å²) >= 11 is 0. The van der Waals surface area contributed by atoms with E-state index >= 15 is 0 Å². The third-order valence-corrected chi connectivity index (χ3v) is 8.48. The molecule has 1 atom stereocenters. The summed E-state index contributed by atoms with van der Waals surface area (Å²) in [6, 6.07) is 17.0. The van der Waals surface area contributed by atoms with Gasteiger partial charge in [-0.3, -0.25) is 4.79 Å². The summed E-state index contributed by atoms with van der Waals surface area (Å²) in [5.74, 6) is 1.06. The zero-order valence-electron chi connectivity index (χ0n) is 20.5. The third kappa shape index (κ3) is 5.31. The lowest BCUT2D eigenvalue weighted by Gasteiger charge is -2.28.